The van der Waals surface area contributed by atoms with Gasteiger partial charge >= 0.3 is 0 Å². The van der Waals surface area contributed by atoms with E-state index < -0.39 is 15.7 Å². The van der Waals surface area contributed by atoms with Gasteiger partial charge in [-0.3, -0.25) is 0 Å². The fourth-order valence-corrected chi connectivity index (χ4v) is 4.64. The summed E-state index contributed by atoms with van der Waals surface area (Å²) in [7, 11) is -0.920. The van der Waals surface area contributed by atoms with Gasteiger partial charge in [0.25, 0.3) is 0 Å². The Kier molecular flexibility index (Phi) is 5.43. The second-order valence-electron chi connectivity index (χ2n) is 6.51. The molecule has 1 heterocycles. The molecular weight excluding hydrogens is 421 g/mol. The molecule has 0 bridgehead atoms. The van der Waals surface area contributed by atoms with Gasteiger partial charge in [-0.15, -0.1) is 5.10 Å². The molecule has 0 amide bonds. The Hall–Kier alpha value is -3.72. The Morgan fingerprint density at radius 1 is 0.903 bits per heavy atom. The van der Waals surface area contributed by atoms with Crippen molar-refractivity contribution in [2.24, 2.45) is 0 Å². The maximum absolute atomic E-state index is 14.4. The van der Waals surface area contributed by atoms with Crippen molar-refractivity contribution in [3.63, 3.8) is 0 Å². The highest BCUT2D eigenvalue weighted by molar-refractivity contribution is 7.91. The maximum Gasteiger partial charge on any atom is 0.207 e. The molecule has 0 saturated carbocycles. The van der Waals surface area contributed by atoms with Gasteiger partial charge in [0.05, 0.1) is 30.2 Å². The first kappa shape index (κ1) is 20.5. The number of halogens is 1. The van der Waals surface area contributed by atoms with Crippen LogP contribution in [0.3, 0.4) is 0 Å². The van der Waals surface area contributed by atoms with Gasteiger partial charge in [-0.1, -0.05) is 29.5 Å². The number of methoxy groups -OCH3 is 2. The van der Waals surface area contributed by atoms with E-state index in [9.17, 15) is 12.8 Å². The smallest absolute Gasteiger partial charge is 0.207 e. The summed E-state index contributed by atoms with van der Waals surface area (Å²) in [6.45, 7) is 0. The van der Waals surface area contributed by atoms with Gasteiger partial charge in [-0.25, -0.2) is 17.5 Å². The molecule has 9 heteroatoms. The van der Waals surface area contributed by atoms with Crippen molar-refractivity contribution in [2.45, 2.75) is 9.79 Å². The van der Waals surface area contributed by atoms with Crippen LogP contribution in [0, 0.1) is 5.82 Å². The Morgan fingerprint density at radius 2 is 1.65 bits per heavy atom. The van der Waals surface area contributed by atoms with E-state index in [1.54, 1.807) is 36.4 Å². The molecule has 0 spiro atoms. The van der Waals surface area contributed by atoms with Crippen LogP contribution in [0.1, 0.15) is 0 Å². The van der Waals surface area contributed by atoms with Gasteiger partial charge in [0.2, 0.25) is 9.84 Å². The van der Waals surface area contributed by atoms with Gasteiger partial charge in [0, 0.05) is 5.56 Å². The van der Waals surface area contributed by atoms with E-state index in [4.69, 9.17) is 9.47 Å². The molecule has 0 fully saturated rings. The summed E-state index contributed by atoms with van der Waals surface area (Å²) in [5.74, 6) is 0.277. The van der Waals surface area contributed by atoms with Crippen LogP contribution < -0.4 is 9.47 Å². The number of hydrogen-bond donors (Lipinski definition) is 0. The predicted molar refractivity (Wildman–Crippen MR) is 112 cm³/mol. The summed E-state index contributed by atoms with van der Waals surface area (Å²) in [5, 5.41) is 8.07. The summed E-state index contributed by atoms with van der Waals surface area (Å²) < 4.78 is 52.5. The Balaban J connectivity index is 1.80. The van der Waals surface area contributed by atoms with E-state index in [0.29, 0.717) is 11.3 Å². The largest absolute Gasteiger partial charge is 0.497 e. The third-order valence-electron chi connectivity index (χ3n) is 4.71. The molecule has 0 unspecified atom stereocenters. The molecule has 158 valence electrons. The zero-order chi connectivity index (χ0) is 22.0. The molecule has 0 aliphatic carbocycles. The Labute approximate surface area is 178 Å². The van der Waals surface area contributed by atoms with Crippen LogP contribution in [0.15, 0.2) is 82.7 Å². The molecule has 4 aromatic rings. The topological polar surface area (TPSA) is 83.3 Å². The van der Waals surface area contributed by atoms with Crippen molar-refractivity contribution in [1.82, 2.24) is 15.0 Å². The maximum atomic E-state index is 14.4. The molecule has 0 N–H and O–H groups in total. The van der Waals surface area contributed by atoms with Crippen molar-refractivity contribution in [2.75, 3.05) is 14.2 Å². The normalized spacial score (nSPS) is 11.3. The van der Waals surface area contributed by atoms with Gasteiger partial charge in [-0.2, -0.15) is 0 Å². The monoisotopic (exact) mass is 439 g/mol. The third-order valence-corrected chi connectivity index (χ3v) is 6.54. The van der Waals surface area contributed by atoms with Crippen LogP contribution in [0.25, 0.3) is 16.9 Å². The fourth-order valence-electron chi connectivity index (χ4n) is 3.17. The van der Waals surface area contributed by atoms with Crippen molar-refractivity contribution >= 4 is 9.84 Å². The van der Waals surface area contributed by atoms with Crippen molar-refractivity contribution < 1.29 is 22.3 Å². The van der Waals surface area contributed by atoms with Crippen molar-refractivity contribution in [3.8, 4) is 28.4 Å². The zero-order valence-electron chi connectivity index (χ0n) is 16.7. The predicted octanol–water partition coefficient (Wildman–Crippen LogP) is 3.92. The first-order valence-corrected chi connectivity index (χ1v) is 10.7. The molecule has 0 aliphatic heterocycles. The van der Waals surface area contributed by atoms with E-state index in [2.05, 4.69) is 10.3 Å². The Bertz CT molecular complexity index is 1340. The first-order valence-electron chi connectivity index (χ1n) is 9.19. The SMILES string of the molecule is COc1ccc(S(=O)(=O)c2ccccc2-c2cn(-c3c(F)cccc3OC)nn2)cc1. The summed E-state index contributed by atoms with van der Waals surface area (Å²) in [6, 6.07) is 17.0. The van der Waals surface area contributed by atoms with Crippen LogP contribution in [-0.2, 0) is 9.84 Å². The second kappa shape index (κ2) is 8.19. The minimum absolute atomic E-state index is 0.0627. The summed E-state index contributed by atoms with van der Waals surface area (Å²) in [6.07, 6.45) is 1.46. The minimum Gasteiger partial charge on any atom is -0.497 e. The molecule has 0 saturated heterocycles. The molecule has 0 radical (unpaired) electrons. The Morgan fingerprint density at radius 3 is 2.35 bits per heavy atom. The lowest BCUT2D eigenvalue weighted by Crippen LogP contribution is -2.04. The van der Waals surface area contributed by atoms with Gasteiger partial charge in [-0.05, 0) is 42.5 Å². The molecular formula is C22H18FN3O4S. The highest BCUT2D eigenvalue weighted by Crippen LogP contribution is 2.32. The third kappa shape index (κ3) is 3.75. The zero-order valence-corrected chi connectivity index (χ0v) is 17.5. The number of rotatable bonds is 6. The standard InChI is InChI=1S/C22H18FN3O4S/c1-29-15-10-12-16(13-11-15)31(27,28)21-9-4-3-6-17(21)19-14-26(25-24-19)22-18(23)7-5-8-20(22)30-2/h3-14H,1-2H3. The molecule has 0 atom stereocenters. The average molecular weight is 439 g/mol. The van der Waals surface area contributed by atoms with Gasteiger partial charge < -0.3 is 9.47 Å². The number of hydrogen-bond acceptors (Lipinski definition) is 6. The van der Waals surface area contributed by atoms with E-state index >= 15 is 0 Å². The van der Waals surface area contributed by atoms with E-state index in [1.165, 1.54) is 55.4 Å². The number of ether oxygens (including phenoxy) is 2. The lowest BCUT2D eigenvalue weighted by Gasteiger charge is -2.10. The number of para-hydroxylation sites is 1. The van der Waals surface area contributed by atoms with E-state index in [-0.39, 0.29) is 26.9 Å². The van der Waals surface area contributed by atoms with Crippen molar-refractivity contribution in [1.29, 1.82) is 0 Å². The molecule has 1 aromatic heterocycles. The van der Waals surface area contributed by atoms with Gasteiger partial charge in [0.1, 0.15) is 22.9 Å². The quantitative estimate of drug-likeness (QED) is 0.453. The fraction of sp³-hybridized carbons (Fsp3) is 0.0909. The lowest BCUT2D eigenvalue weighted by molar-refractivity contribution is 0.407. The molecule has 7 nitrogen and oxygen atoms in total. The minimum atomic E-state index is -3.85. The number of aromatic nitrogens is 3. The highest BCUT2D eigenvalue weighted by Gasteiger charge is 2.24. The van der Waals surface area contributed by atoms with Crippen LogP contribution in [0.2, 0.25) is 0 Å². The summed E-state index contributed by atoms with van der Waals surface area (Å²) in [5.41, 5.74) is 0.706. The molecule has 3 aromatic carbocycles. The molecule has 31 heavy (non-hydrogen) atoms. The molecule has 0 aliphatic rings. The van der Waals surface area contributed by atoms with Crippen LogP contribution in [-0.4, -0.2) is 37.6 Å². The van der Waals surface area contributed by atoms with Gasteiger partial charge in [0.15, 0.2) is 5.82 Å². The lowest BCUT2D eigenvalue weighted by atomic mass is 10.2. The highest BCUT2D eigenvalue weighted by atomic mass is 32.2. The summed E-state index contributed by atoms with van der Waals surface area (Å²) in [4.78, 5) is 0.177. The van der Waals surface area contributed by atoms with Crippen LogP contribution in [0.5, 0.6) is 11.5 Å². The van der Waals surface area contributed by atoms with E-state index in [1.807, 2.05) is 0 Å². The van der Waals surface area contributed by atoms with E-state index in [0.717, 1.165) is 0 Å². The van der Waals surface area contributed by atoms with Crippen LogP contribution >= 0.6 is 0 Å². The van der Waals surface area contributed by atoms with Crippen molar-refractivity contribution in [3.05, 3.63) is 78.7 Å². The van der Waals surface area contributed by atoms with Crippen LogP contribution in [0.4, 0.5) is 4.39 Å². The number of nitrogens with zero attached hydrogens (tertiary/aromatic N) is 3. The second-order valence-corrected chi connectivity index (χ2v) is 8.43. The summed E-state index contributed by atoms with van der Waals surface area (Å²) >= 11 is 0. The average Bonchev–Trinajstić information content (AvgIpc) is 3.28. The first-order chi connectivity index (χ1) is 15.0. The molecule has 4 rings (SSSR count). The number of sulfone groups is 1. The number of benzene rings is 3.